The molecule has 0 amide bonds. The third-order valence-electron chi connectivity index (χ3n) is 5.08. The summed E-state index contributed by atoms with van der Waals surface area (Å²) in [5.41, 5.74) is 3.47. The van der Waals surface area contributed by atoms with Crippen LogP contribution < -0.4 is 9.80 Å². The molecule has 0 atom stereocenters. The van der Waals surface area contributed by atoms with Gasteiger partial charge in [-0.05, 0) is 30.3 Å². The molecule has 1 aliphatic rings. The van der Waals surface area contributed by atoms with Crippen molar-refractivity contribution in [3.63, 3.8) is 0 Å². The average molecular weight is 376 g/mol. The molecule has 4 rings (SSSR count). The Morgan fingerprint density at radius 1 is 0.821 bits per heavy atom. The van der Waals surface area contributed by atoms with Crippen LogP contribution in [0.25, 0.3) is 5.69 Å². The van der Waals surface area contributed by atoms with Crippen molar-refractivity contribution >= 4 is 23.3 Å². The Hall–Kier alpha value is -3.61. The van der Waals surface area contributed by atoms with Crippen LogP contribution in [0.5, 0.6) is 0 Å². The number of non-ortho nitro benzene ring substituents is 1. The molecule has 1 aliphatic heterocycles. The summed E-state index contributed by atoms with van der Waals surface area (Å²) < 4.78 is 1.90. The van der Waals surface area contributed by atoms with E-state index in [0.717, 1.165) is 49.5 Å². The second-order valence-electron chi connectivity index (χ2n) is 6.67. The van der Waals surface area contributed by atoms with E-state index in [1.165, 1.54) is 0 Å². The number of nitrogens with zero attached hydrogens (tertiary/aromatic N) is 4. The summed E-state index contributed by atoms with van der Waals surface area (Å²) in [4.78, 5) is 26.6. The summed E-state index contributed by atoms with van der Waals surface area (Å²) in [5.74, 6) is 0. The van der Waals surface area contributed by atoms with E-state index in [2.05, 4.69) is 9.80 Å². The Bertz CT molecular complexity index is 993. The smallest absolute Gasteiger partial charge is 0.271 e. The van der Waals surface area contributed by atoms with E-state index in [1.807, 2.05) is 59.4 Å². The van der Waals surface area contributed by atoms with E-state index in [1.54, 1.807) is 12.1 Å². The number of rotatable bonds is 5. The van der Waals surface area contributed by atoms with Gasteiger partial charge in [0.15, 0.2) is 6.29 Å². The molecule has 2 heterocycles. The van der Waals surface area contributed by atoms with Gasteiger partial charge in [0.2, 0.25) is 0 Å². The maximum absolute atomic E-state index is 11.3. The Kier molecular flexibility index (Phi) is 4.80. The van der Waals surface area contributed by atoms with Gasteiger partial charge in [0.25, 0.3) is 5.69 Å². The minimum Gasteiger partial charge on any atom is -0.367 e. The number of benzene rings is 2. The quantitative estimate of drug-likeness (QED) is 0.387. The highest BCUT2D eigenvalue weighted by Gasteiger charge is 2.22. The number of para-hydroxylation sites is 1. The second-order valence-corrected chi connectivity index (χ2v) is 6.67. The number of carbonyl (C=O) groups excluding carboxylic acids is 1. The van der Waals surface area contributed by atoms with Crippen LogP contribution in [0.1, 0.15) is 10.4 Å². The molecule has 28 heavy (non-hydrogen) atoms. The summed E-state index contributed by atoms with van der Waals surface area (Å²) in [7, 11) is 0. The number of nitro groups is 1. The molecule has 7 nitrogen and oxygen atoms in total. The van der Waals surface area contributed by atoms with E-state index >= 15 is 0 Å². The topological polar surface area (TPSA) is 71.6 Å². The lowest BCUT2D eigenvalue weighted by Gasteiger charge is -2.38. The minimum absolute atomic E-state index is 0.0750. The van der Waals surface area contributed by atoms with Crippen molar-refractivity contribution in [1.29, 1.82) is 0 Å². The van der Waals surface area contributed by atoms with Crippen LogP contribution in [0.4, 0.5) is 17.1 Å². The number of aromatic nitrogens is 1. The van der Waals surface area contributed by atoms with Crippen molar-refractivity contribution in [2.45, 2.75) is 0 Å². The molecular weight excluding hydrogens is 356 g/mol. The zero-order valence-electron chi connectivity index (χ0n) is 15.3. The molecule has 2 aromatic carbocycles. The van der Waals surface area contributed by atoms with E-state index in [4.69, 9.17) is 0 Å². The lowest BCUT2D eigenvalue weighted by atomic mass is 10.1. The van der Waals surface area contributed by atoms with Gasteiger partial charge >= 0.3 is 0 Å². The number of hydrogen-bond acceptors (Lipinski definition) is 5. The number of nitro benzene ring substituents is 1. The van der Waals surface area contributed by atoms with Gasteiger partial charge in [0.05, 0.1) is 16.3 Å². The Morgan fingerprint density at radius 2 is 1.46 bits per heavy atom. The summed E-state index contributed by atoms with van der Waals surface area (Å²) in [5, 5.41) is 11.2. The maximum atomic E-state index is 11.3. The Balaban J connectivity index is 1.59. The zero-order valence-corrected chi connectivity index (χ0v) is 15.3. The number of hydrogen-bond donors (Lipinski definition) is 0. The molecule has 142 valence electrons. The lowest BCUT2D eigenvalue weighted by molar-refractivity contribution is -0.384. The van der Waals surface area contributed by atoms with Gasteiger partial charge in [0, 0.05) is 62.0 Å². The lowest BCUT2D eigenvalue weighted by Crippen LogP contribution is -2.47. The highest BCUT2D eigenvalue weighted by atomic mass is 16.6. The van der Waals surface area contributed by atoms with Crippen LogP contribution in [0.15, 0.2) is 67.0 Å². The first-order valence-corrected chi connectivity index (χ1v) is 9.13. The fourth-order valence-electron chi connectivity index (χ4n) is 3.66. The van der Waals surface area contributed by atoms with Gasteiger partial charge in [-0.2, -0.15) is 0 Å². The molecule has 0 radical (unpaired) electrons. The zero-order chi connectivity index (χ0) is 19.5. The molecule has 1 aromatic heterocycles. The predicted octanol–water partition coefficient (Wildman–Crippen LogP) is 3.52. The fraction of sp³-hybridized carbons (Fsp3) is 0.190. The summed E-state index contributed by atoms with van der Waals surface area (Å²) in [6, 6.07) is 16.4. The molecule has 3 aromatic rings. The van der Waals surface area contributed by atoms with E-state index in [0.29, 0.717) is 5.56 Å². The predicted molar refractivity (Wildman–Crippen MR) is 109 cm³/mol. The maximum Gasteiger partial charge on any atom is 0.271 e. The van der Waals surface area contributed by atoms with Gasteiger partial charge < -0.3 is 14.4 Å². The van der Waals surface area contributed by atoms with E-state index < -0.39 is 0 Å². The molecule has 0 N–H and O–H groups in total. The molecule has 0 aliphatic carbocycles. The first-order valence-electron chi connectivity index (χ1n) is 9.13. The SMILES string of the molecule is O=Cc1ccccc1N1CCN(c2ccc([N+](=O)[O-])cc2-n2cccc2)CC1. The number of carbonyl (C=O) groups is 1. The first kappa shape index (κ1) is 17.8. The third-order valence-corrected chi connectivity index (χ3v) is 5.08. The molecular formula is C21H20N4O3. The molecule has 0 spiro atoms. The van der Waals surface area contributed by atoms with Crippen LogP contribution in [-0.4, -0.2) is 42.0 Å². The average Bonchev–Trinajstić information content (AvgIpc) is 3.28. The summed E-state index contributed by atoms with van der Waals surface area (Å²) in [6.07, 6.45) is 4.67. The third kappa shape index (κ3) is 3.34. The molecule has 7 heteroatoms. The molecule has 1 saturated heterocycles. The summed E-state index contributed by atoms with van der Waals surface area (Å²) >= 11 is 0. The van der Waals surface area contributed by atoms with Crippen molar-refractivity contribution in [1.82, 2.24) is 4.57 Å². The Labute approximate surface area is 162 Å². The number of piperazine rings is 1. The Morgan fingerprint density at radius 3 is 2.11 bits per heavy atom. The normalized spacial score (nSPS) is 14.1. The number of aldehydes is 1. The van der Waals surface area contributed by atoms with E-state index in [-0.39, 0.29) is 10.6 Å². The van der Waals surface area contributed by atoms with Crippen molar-refractivity contribution in [2.75, 3.05) is 36.0 Å². The van der Waals surface area contributed by atoms with Crippen molar-refractivity contribution in [3.8, 4) is 5.69 Å². The van der Waals surface area contributed by atoms with E-state index in [9.17, 15) is 14.9 Å². The van der Waals surface area contributed by atoms with Crippen LogP contribution in [0, 0.1) is 10.1 Å². The molecule has 0 unspecified atom stereocenters. The monoisotopic (exact) mass is 376 g/mol. The van der Waals surface area contributed by atoms with Crippen LogP contribution in [0.3, 0.4) is 0 Å². The van der Waals surface area contributed by atoms with Gasteiger partial charge in [-0.3, -0.25) is 14.9 Å². The standard InChI is InChI=1S/C21H20N4O3/c26-16-17-5-1-2-6-19(17)23-11-13-24(14-12-23)20-8-7-18(25(27)28)15-21(20)22-9-3-4-10-22/h1-10,15-16H,11-14H2. The van der Waals surface area contributed by atoms with Gasteiger partial charge in [0.1, 0.15) is 0 Å². The largest absolute Gasteiger partial charge is 0.367 e. The van der Waals surface area contributed by atoms with Gasteiger partial charge in [-0.15, -0.1) is 0 Å². The summed E-state index contributed by atoms with van der Waals surface area (Å²) in [6.45, 7) is 3.07. The first-order chi connectivity index (χ1) is 13.7. The highest BCUT2D eigenvalue weighted by Crippen LogP contribution is 2.30. The second kappa shape index (κ2) is 7.56. The molecule has 0 bridgehead atoms. The molecule has 1 fully saturated rings. The van der Waals surface area contributed by atoms with Crippen molar-refractivity contribution in [3.05, 3.63) is 82.7 Å². The minimum atomic E-state index is -0.370. The highest BCUT2D eigenvalue weighted by molar-refractivity contribution is 5.84. The molecule has 0 saturated carbocycles. The van der Waals surface area contributed by atoms with Crippen LogP contribution in [-0.2, 0) is 0 Å². The van der Waals surface area contributed by atoms with Crippen molar-refractivity contribution in [2.24, 2.45) is 0 Å². The van der Waals surface area contributed by atoms with Crippen molar-refractivity contribution < 1.29 is 9.72 Å². The van der Waals surface area contributed by atoms with Crippen LogP contribution in [0.2, 0.25) is 0 Å². The van der Waals surface area contributed by atoms with Crippen LogP contribution >= 0.6 is 0 Å². The van der Waals surface area contributed by atoms with Gasteiger partial charge in [-0.1, -0.05) is 12.1 Å². The van der Waals surface area contributed by atoms with Gasteiger partial charge in [-0.25, -0.2) is 0 Å². The number of anilines is 2. The fourth-order valence-corrected chi connectivity index (χ4v) is 3.66.